The molecule has 90 valence electrons. The van der Waals surface area contributed by atoms with Crippen molar-refractivity contribution in [3.8, 4) is 0 Å². The predicted molar refractivity (Wildman–Crippen MR) is 67.4 cm³/mol. The van der Waals surface area contributed by atoms with Gasteiger partial charge in [-0.05, 0) is 31.4 Å². The van der Waals surface area contributed by atoms with Crippen LogP contribution in [0.4, 0.5) is 11.5 Å². The number of aliphatic hydroxyl groups is 1. The number of nitrogens with zero attached hydrogens (tertiary/aromatic N) is 1. The maximum atomic E-state index is 8.63. The molecule has 0 bridgehead atoms. The zero-order valence-corrected chi connectivity index (χ0v) is 9.87. The van der Waals surface area contributed by atoms with E-state index >= 15 is 0 Å². The molecule has 0 aliphatic carbocycles. The second-order valence-electron chi connectivity index (χ2n) is 4.00. The van der Waals surface area contributed by atoms with Crippen molar-refractivity contribution >= 4 is 11.5 Å². The first-order valence-electron chi connectivity index (χ1n) is 5.81. The molecule has 0 saturated heterocycles. The van der Waals surface area contributed by atoms with Crippen LogP contribution in [0.1, 0.15) is 31.2 Å². The van der Waals surface area contributed by atoms with E-state index in [1.165, 1.54) is 0 Å². The normalized spacial score (nSPS) is 10.4. The van der Waals surface area contributed by atoms with Crippen LogP contribution >= 0.6 is 0 Å². The lowest BCUT2D eigenvalue weighted by atomic mass is 10.2. The van der Waals surface area contributed by atoms with E-state index in [1.807, 2.05) is 13.0 Å². The van der Waals surface area contributed by atoms with Gasteiger partial charge in [0, 0.05) is 13.2 Å². The lowest BCUT2D eigenvalue weighted by molar-refractivity contribution is 0.283. The molecule has 0 aliphatic heterocycles. The lowest BCUT2D eigenvalue weighted by Gasteiger charge is -2.08. The number of aromatic nitrogens is 1. The van der Waals surface area contributed by atoms with E-state index in [4.69, 9.17) is 10.8 Å². The van der Waals surface area contributed by atoms with Crippen molar-refractivity contribution in [2.75, 3.05) is 24.2 Å². The van der Waals surface area contributed by atoms with Crippen LogP contribution in [0.15, 0.2) is 12.3 Å². The Morgan fingerprint density at radius 3 is 2.75 bits per heavy atom. The molecule has 16 heavy (non-hydrogen) atoms. The highest BCUT2D eigenvalue weighted by molar-refractivity contribution is 5.50. The molecule has 1 rings (SSSR count). The summed E-state index contributed by atoms with van der Waals surface area (Å²) >= 11 is 0. The molecular formula is C12H21N3O. The van der Waals surface area contributed by atoms with Gasteiger partial charge in [-0.25, -0.2) is 4.98 Å². The zero-order valence-electron chi connectivity index (χ0n) is 9.87. The van der Waals surface area contributed by atoms with Crippen molar-refractivity contribution in [1.29, 1.82) is 0 Å². The summed E-state index contributed by atoms with van der Waals surface area (Å²) in [4.78, 5) is 4.24. The number of nitrogens with one attached hydrogen (secondary N) is 1. The van der Waals surface area contributed by atoms with Gasteiger partial charge in [0.2, 0.25) is 0 Å². The summed E-state index contributed by atoms with van der Waals surface area (Å²) in [5.41, 5.74) is 7.40. The van der Waals surface area contributed by atoms with Crippen LogP contribution in [-0.2, 0) is 0 Å². The van der Waals surface area contributed by atoms with Gasteiger partial charge in [-0.3, -0.25) is 0 Å². The molecule has 4 heteroatoms. The minimum atomic E-state index is 0.298. The summed E-state index contributed by atoms with van der Waals surface area (Å²) in [5, 5.41) is 11.9. The topological polar surface area (TPSA) is 71.2 Å². The Bertz CT molecular complexity index is 315. The number of anilines is 2. The van der Waals surface area contributed by atoms with E-state index in [0.717, 1.165) is 43.6 Å². The predicted octanol–water partition coefficient (Wildman–Crippen LogP) is 1.94. The van der Waals surface area contributed by atoms with Crippen molar-refractivity contribution in [1.82, 2.24) is 4.98 Å². The Morgan fingerprint density at radius 2 is 2.06 bits per heavy atom. The van der Waals surface area contributed by atoms with E-state index in [9.17, 15) is 0 Å². The lowest BCUT2D eigenvalue weighted by Crippen LogP contribution is -2.05. The fourth-order valence-electron chi connectivity index (χ4n) is 1.58. The molecule has 4 nitrogen and oxygen atoms in total. The van der Waals surface area contributed by atoms with Crippen molar-refractivity contribution in [2.24, 2.45) is 0 Å². The van der Waals surface area contributed by atoms with Gasteiger partial charge in [0.25, 0.3) is 0 Å². The summed E-state index contributed by atoms with van der Waals surface area (Å²) < 4.78 is 0. The van der Waals surface area contributed by atoms with Crippen molar-refractivity contribution < 1.29 is 5.11 Å². The van der Waals surface area contributed by atoms with Crippen molar-refractivity contribution in [3.63, 3.8) is 0 Å². The molecule has 0 unspecified atom stereocenters. The van der Waals surface area contributed by atoms with E-state index < -0.39 is 0 Å². The molecule has 0 amide bonds. The molecule has 0 aromatic carbocycles. The van der Waals surface area contributed by atoms with Gasteiger partial charge in [0.1, 0.15) is 5.82 Å². The Hall–Kier alpha value is -1.29. The van der Waals surface area contributed by atoms with Gasteiger partial charge in [0.05, 0.1) is 11.9 Å². The number of nitrogen functional groups attached to an aromatic ring is 1. The molecule has 0 saturated carbocycles. The average molecular weight is 223 g/mol. The summed E-state index contributed by atoms with van der Waals surface area (Å²) in [5.74, 6) is 0.913. The minimum Gasteiger partial charge on any atom is -0.397 e. The molecular weight excluding hydrogens is 202 g/mol. The van der Waals surface area contributed by atoms with Crippen molar-refractivity contribution in [3.05, 3.63) is 17.8 Å². The smallest absolute Gasteiger partial charge is 0.128 e. The third kappa shape index (κ3) is 4.49. The van der Waals surface area contributed by atoms with Gasteiger partial charge in [-0.15, -0.1) is 0 Å². The molecule has 0 fully saturated rings. The molecule has 4 N–H and O–H groups in total. The van der Waals surface area contributed by atoms with Crippen molar-refractivity contribution in [2.45, 2.75) is 32.6 Å². The third-order valence-electron chi connectivity index (χ3n) is 2.48. The highest BCUT2D eigenvalue weighted by Gasteiger charge is 1.98. The van der Waals surface area contributed by atoms with E-state index in [-0.39, 0.29) is 0 Å². The van der Waals surface area contributed by atoms with Gasteiger partial charge < -0.3 is 16.2 Å². The number of rotatable bonds is 7. The first-order chi connectivity index (χ1) is 7.74. The molecule has 1 aromatic heterocycles. The van der Waals surface area contributed by atoms with Crippen LogP contribution in [0.2, 0.25) is 0 Å². The number of nitrogens with two attached hydrogens (primary N) is 1. The number of aliphatic hydroxyl groups excluding tert-OH is 1. The van der Waals surface area contributed by atoms with Gasteiger partial charge in [-0.1, -0.05) is 12.8 Å². The van der Waals surface area contributed by atoms with E-state index in [2.05, 4.69) is 10.3 Å². The summed E-state index contributed by atoms with van der Waals surface area (Å²) in [6, 6.07) is 1.92. The summed E-state index contributed by atoms with van der Waals surface area (Å²) in [6.07, 6.45) is 5.90. The van der Waals surface area contributed by atoms with Crippen LogP contribution in [0.3, 0.4) is 0 Å². The molecule has 0 radical (unpaired) electrons. The fraction of sp³-hybridized carbons (Fsp3) is 0.583. The van der Waals surface area contributed by atoms with E-state index in [1.54, 1.807) is 6.20 Å². The molecule has 1 heterocycles. The molecule has 0 atom stereocenters. The zero-order chi connectivity index (χ0) is 11.8. The largest absolute Gasteiger partial charge is 0.397 e. The molecule has 1 aromatic rings. The first-order valence-corrected chi connectivity index (χ1v) is 5.81. The number of hydrogen-bond donors (Lipinski definition) is 3. The maximum Gasteiger partial charge on any atom is 0.128 e. The van der Waals surface area contributed by atoms with Crippen LogP contribution in [-0.4, -0.2) is 23.2 Å². The Kier molecular flexibility index (Phi) is 5.64. The second kappa shape index (κ2) is 7.06. The third-order valence-corrected chi connectivity index (χ3v) is 2.48. The van der Waals surface area contributed by atoms with E-state index in [0.29, 0.717) is 12.3 Å². The van der Waals surface area contributed by atoms with Gasteiger partial charge >= 0.3 is 0 Å². The SMILES string of the molecule is Cc1cc(N)cnc1NCCCCCCO. The highest BCUT2D eigenvalue weighted by atomic mass is 16.2. The second-order valence-corrected chi connectivity index (χ2v) is 4.00. The minimum absolute atomic E-state index is 0.298. The van der Waals surface area contributed by atoms with Gasteiger partial charge in [0.15, 0.2) is 0 Å². The monoisotopic (exact) mass is 223 g/mol. The van der Waals surface area contributed by atoms with Gasteiger partial charge in [-0.2, -0.15) is 0 Å². The average Bonchev–Trinajstić information content (AvgIpc) is 2.26. The number of hydrogen-bond acceptors (Lipinski definition) is 4. The number of pyridine rings is 1. The fourth-order valence-corrected chi connectivity index (χ4v) is 1.58. The summed E-state index contributed by atoms with van der Waals surface area (Å²) in [7, 11) is 0. The highest BCUT2D eigenvalue weighted by Crippen LogP contribution is 2.13. The Morgan fingerprint density at radius 1 is 1.31 bits per heavy atom. The van der Waals surface area contributed by atoms with Crippen LogP contribution in [0.5, 0.6) is 0 Å². The molecule has 0 spiro atoms. The quantitative estimate of drug-likeness (QED) is 0.618. The maximum absolute atomic E-state index is 8.63. The van der Waals surface area contributed by atoms with Crippen LogP contribution in [0, 0.1) is 6.92 Å². The van der Waals surface area contributed by atoms with Crippen LogP contribution < -0.4 is 11.1 Å². The van der Waals surface area contributed by atoms with Crippen LogP contribution in [0.25, 0.3) is 0 Å². The summed E-state index contributed by atoms with van der Waals surface area (Å²) in [6.45, 7) is 3.21. The molecule has 0 aliphatic rings. The number of aryl methyl sites for hydroxylation is 1. The Balaban J connectivity index is 2.21. The first kappa shape index (κ1) is 12.8. The number of unbranched alkanes of at least 4 members (excludes halogenated alkanes) is 3. The standard InChI is InChI=1S/C12H21N3O/c1-10-8-11(13)9-15-12(10)14-6-4-2-3-5-7-16/h8-9,16H,2-7,13H2,1H3,(H,14,15). The Labute approximate surface area is 96.9 Å².